The van der Waals surface area contributed by atoms with Crippen LogP contribution in [0.3, 0.4) is 0 Å². The Balaban J connectivity index is 1.62. The molecule has 1 aromatic heterocycles. The molecule has 1 aliphatic heterocycles. The summed E-state index contributed by atoms with van der Waals surface area (Å²) in [6.07, 6.45) is 3.35. The Morgan fingerprint density at radius 2 is 1.97 bits per heavy atom. The fourth-order valence-corrected chi connectivity index (χ4v) is 4.50. The van der Waals surface area contributed by atoms with Crippen LogP contribution in [0.1, 0.15) is 33.1 Å². The van der Waals surface area contributed by atoms with Crippen LogP contribution in [0.5, 0.6) is 0 Å². The second-order valence-corrected chi connectivity index (χ2v) is 8.36. The van der Waals surface area contributed by atoms with Crippen LogP contribution in [-0.4, -0.2) is 47.8 Å². The summed E-state index contributed by atoms with van der Waals surface area (Å²) in [5.41, 5.74) is 1.20. The van der Waals surface area contributed by atoms with Crippen molar-refractivity contribution in [3.63, 3.8) is 0 Å². The number of carbonyl (C=O) groups is 1. The third-order valence-electron chi connectivity index (χ3n) is 6.50. The van der Waals surface area contributed by atoms with Crippen molar-refractivity contribution in [3.8, 4) is 0 Å². The monoisotopic (exact) mass is 398 g/mol. The van der Waals surface area contributed by atoms with E-state index in [0.29, 0.717) is 49.5 Å². The molecular weight excluding hydrogens is 368 g/mol. The molecule has 2 fully saturated rings. The van der Waals surface area contributed by atoms with Crippen molar-refractivity contribution in [2.45, 2.75) is 45.7 Å². The van der Waals surface area contributed by atoms with E-state index >= 15 is 0 Å². The molecule has 1 saturated heterocycles. The third kappa shape index (κ3) is 4.15. The zero-order chi connectivity index (χ0) is 20.4. The molecule has 2 aliphatic rings. The summed E-state index contributed by atoms with van der Waals surface area (Å²) >= 11 is 0. The molecule has 1 aliphatic carbocycles. The number of para-hydroxylation sites is 2. The quantitative estimate of drug-likeness (QED) is 0.854. The fraction of sp³-hybridized carbons (Fsp3) is 0.591. The smallest absolute Gasteiger partial charge is 0.294 e. The lowest BCUT2D eigenvalue weighted by Crippen LogP contribution is -2.46. The average molecular weight is 399 g/mol. The Labute approximate surface area is 171 Å². The maximum atomic E-state index is 13.3. The largest absolute Gasteiger partial charge is 0.378 e. The van der Waals surface area contributed by atoms with Crippen LogP contribution in [-0.2, 0) is 16.1 Å². The second-order valence-electron chi connectivity index (χ2n) is 8.36. The highest BCUT2D eigenvalue weighted by Crippen LogP contribution is 2.29. The Morgan fingerprint density at radius 1 is 1.21 bits per heavy atom. The number of anilines is 1. The zero-order valence-corrected chi connectivity index (χ0v) is 17.3. The van der Waals surface area contributed by atoms with Gasteiger partial charge in [-0.05, 0) is 30.4 Å². The van der Waals surface area contributed by atoms with Crippen molar-refractivity contribution >= 4 is 22.8 Å². The number of aromatic nitrogens is 2. The van der Waals surface area contributed by atoms with E-state index in [4.69, 9.17) is 4.74 Å². The molecule has 1 amide bonds. The third-order valence-corrected chi connectivity index (χ3v) is 6.50. The van der Waals surface area contributed by atoms with Crippen LogP contribution in [0.25, 0.3) is 11.0 Å². The lowest BCUT2D eigenvalue weighted by Gasteiger charge is -2.34. The van der Waals surface area contributed by atoms with Gasteiger partial charge >= 0.3 is 0 Å². The number of morpholine rings is 1. The van der Waals surface area contributed by atoms with Gasteiger partial charge in [0, 0.05) is 19.1 Å². The predicted molar refractivity (Wildman–Crippen MR) is 113 cm³/mol. The highest BCUT2D eigenvalue weighted by atomic mass is 16.5. The summed E-state index contributed by atoms with van der Waals surface area (Å²) in [4.78, 5) is 32.7. The van der Waals surface area contributed by atoms with Gasteiger partial charge in [-0.2, -0.15) is 0 Å². The Bertz CT molecular complexity index is 935. The maximum absolute atomic E-state index is 13.3. The molecule has 1 aromatic carbocycles. The van der Waals surface area contributed by atoms with Crippen LogP contribution in [0.2, 0.25) is 0 Å². The van der Waals surface area contributed by atoms with Crippen molar-refractivity contribution in [1.29, 1.82) is 0 Å². The Hall–Kier alpha value is -2.41. The van der Waals surface area contributed by atoms with Gasteiger partial charge in [0.05, 0.1) is 24.2 Å². The van der Waals surface area contributed by atoms with Crippen LogP contribution >= 0.6 is 0 Å². The number of nitrogens with zero attached hydrogens (tertiary/aromatic N) is 3. The first kappa shape index (κ1) is 19.9. The highest BCUT2D eigenvalue weighted by molar-refractivity contribution is 5.81. The normalized spacial score (nSPS) is 25.2. The highest BCUT2D eigenvalue weighted by Gasteiger charge is 2.28. The van der Waals surface area contributed by atoms with Gasteiger partial charge in [-0.25, -0.2) is 4.98 Å². The van der Waals surface area contributed by atoms with Gasteiger partial charge in [-0.15, -0.1) is 0 Å². The standard InChI is InChI=1S/C22H30N4O3/c1-15-6-5-8-17(16(15)2)23-20(27)14-26-19-9-4-3-7-18(19)24-21(22(26)28)25-10-12-29-13-11-25/h3-4,7,9,15-17H,5-6,8,10-14H2,1-2H3,(H,23,27)/t15-,16+,17-/m1/s1. The fourth-order valence-electron chi connectivity index (χ4n) is 4.50. The molecule has 0 spiro atoms. The van der Waals surface area contributed by atoms with Crippen molar-refractivity contribution in [2.24, 2.45) is 11.8 Å². The van der Waals surface area contributed by atoms with Crippen LogP contribution in [0, 0.1) is 11.8 Å². The first-order valence-electron chi connectivity index (χ1n) is 10.7. The van der Waals surface area contributed by atoms with E-state index in [1.165, 1.54) is 6.42 Å². The number of ether oxygens (including phenoxy) is 1. The van der Waals surface area contributed by atoms with Crippen LogP contribution in [0.4, 0.5) is 5.82 Å². The average Bonchev–Trinajstić information content (AvgIpc) is 2.74. The lowest BCUT2D eigenvalue weighted by atomic mass is 9.78. The lowest BCUT2D eigenvalue weighted by molar-refractivity contribution is -0.123. The molecule has 4 rings (SSSR count). The van der Waals surface area contributed by atoms with E-state index in [0.717, 1.165) is 18.4 Å². The minimum Gasteiger partial charge on any atom is -0.378 e. The van der Waals surface area contributed by atoms with Gasteiger partial charge in [0.25, 0.3) is 5.56 Å². The predicted octanol–water partition coefficient (Wildman–Crippen LogP) is 2.17. The first-order chi connectivity index (χ1) is 14.0. The van der Waals surface area contributed by atoms with E-state index in [2.05, 4.69) is 24.1 Å². The molecule has 0 radical (unpaired) electrons. The van der Waals surface area contributed by atoms with Crippen molar-refractivity contribution < 1.29 is 9.53 Å². The van der Waals surface area contributed by atoms with E-state index in [9.17, 15) is 9.59 Å². The van der Waals surface area contributed by atoms with Gasteiger partial charge in [0.15, 0.2) is 5.82 Å². The zero-order valence-electron chi connectivity index (χ0n) is 17.3. The summed E-state index contributed by atoms with van der Waals surface area (Å²) in [6, 6.07) is 7.69. The molecule has 1 saturated carbocycles. The molecule has 2 aromatic rings. The van der Waals surface area contributed by atoms with E-state index in [1.807, 2.05) is 29.2 Å². The summed E-state index contributed by atoms with van der Waals surface area (Å²) < 4.78 is 6.97. The number of fused-ring (bicyclic) bond motifs is 1. The summed E-state index contributed by atoms with van der Waals surface area (Å²) in [5.74, 6) is 1.34. The number of amides is 1. The van der Waals surface area contributed by atoms with Crippen LogP contribution in [0.15, 0.2) is 29.1 Å². The molecule has 0 bridgehead atoms. The number of benzene rings is 1. The van der Waals surface area contributed by atoms with Crippen molar-refractivity contribution in [2.75, 3.05) is 31.2 Å². The van der Waals surface area contributed by atoms with Crippen molar-refractivity contribution in [3.05, 3.63) is 34.6 Å². The van der Waals surface area contributed by atoms with E-state index in [-0.39, 0.29) is 24.1 Å². The van der Waals surface area contributed by atoms with Gasteiger partial charge in [0.1, 0.15) is 6.54 Å². The van der Waals surface area contributed by atoms with E-state index < -0.39 is 0 Å². The maximum Gasteiger partial charge on any atom is 0.294 e. The molecule has 2 heterocycles. The van der Waals surface area contributed by atoms with Gasteiger partial charge < -0.3 is 15.0 Å². The molecule has 0 unspecified atom stereocenters. The van der Waals surface area contributed by atoms with Gasteiger partial charge in [-0.3, -0.25) is 14.2 Å². The SMILES string of the molecule is C[C@H]1[C@H](C)CCC[C@H]1NC(=O)Cn1c(=O)c(N2CCOCC2)nc2ccccc21. The summed E-state index contributed by atoms with van der Waals surface area (Å²) in [5, 5.41) is 3.19. The van der Waals surface area contributed by atoms with Gasteiger partial charge in [0.2, 0.25) is 5.91 Å². The number of nitrogens with one attached hydrogen (secondary N) is 1. The molecule has 29 heavy (non-hydrogen) atoms. The molecule has 3 atom stereocenters. The van der Waals surface area contributed by atoms with Gasteiger partial charge in [-0.1, -0.05) is 38.8 Å². The van der Waals surface area contributed by atoms with E-state index in [1.54, 1.807) is 4.57 Å². The molecule has 156 valence electrons. The summed E-state index contributed by atoms with van der Waals surface area (Å²) in [7, 11) is 0. The Morgan fingerprint density at radius 3 is 2.76 bits per heavy atom. The minimum absolute atomic E-state index is 0.0107. The second kappa shape index (κ2) is 8.53. The Kier molecular flexibility index (Phi) is 5.85. The van der Waals surface area contributed by atoms with Crippen molar-refractivity contribution in [1.82, 2.24) is 14.9 Å². The number of carbonyl (C=O) groups excluding carboxylic acids is 1. The topological polar surface area (TPSA) is 76.5 Å². The van der Waals surface area contributed by atoms with Crippen LogP contribution < -0.4 is 15.8 Å². The number of rotatable bonds is 4. The first-order valence-corrected chi connectivity index (χ1v) is 10.7. The molecule has 7 nitrogen and oxygen atoms in total. The summed E-state index contributed by atoms with van der Waals surface area (Å²) in [6.45, 7) is 6.88. The molecular formula is C22H30N4O3. The number of hydrogen-bond donors (Lipinski definition) is 1. The molecule has 7 heteroatoms. The molecule has 1 N–H and O–H groups in total. The minimum atomic E-state index is -0.217. The number of hydrogen-bond acceptors (Lipinski definition) is 5.